The number of ether oxygens (including phenoxy) is 2. The number of methoxy groups -OCH3 is 2. The normalized spacial score (nSPS) is 32.1. The molecular formula is C18H23NO4. The number of rotatable bonds is 2. The second kappa shape index (κ2) is 5.13. The van der Waals surface area contributed by atoms with E-state index in [1.54, 1.807) is 14.2 Å². The Kier molecular flexibility index (Phi) is 3.30. The summed E-state index contributed by atoms with van der Waals surface area (Å²) in [6.07, 6.45) is 3.52. The fourth-order valence-corrected chi connectivity index (χ4v) is 5.01. The first-order valence-electron chi connectivity index (χ1n) is 8.35. The Morgan fingerprint density at radius 1 is 1.26 bits per heavy atom. The maximum absolute atomic E-state index is 12.6. The quantitative estimate of drug-likeness (QED) is 0.904. The van der Waals surface area contributed by atoms with Crippen LogP contribution in [0.25, 0.3) is 0 Å². The van der Waals surface area contributed by atoms with Gasteiger partial charge in [-0.3, -0.25) is 4.79 Å². The van der Waals surface area contributed by atoms with Crippen molar-refractivity contribution in [1.82, 2.24) is 4.90 Å². The van der Waals surface area contributed by atoms with Crippen molar-refractivity contribution in [2.24, 2.45) is 5.92 Å². The first-order valence-corrected chi connectivity index (χ1v) is 8.35. The van der Waals surface area contributed by atoms with Crippen LogP contribution in [0.4, 0.5) is 0 Å². The zero-order valence-electron chi connectivity index (χ0n) is 13.7. The van der Waals surface area contributed by atoms with Crippen molar-refractivity contribution in [1.29, 1.82) is 0 Å². The number of amides is 1. The van der Waals surface area contributed by atoms with Gasteiger partial charge in [-0.05, 0) is 48.9 Å². The standard InChI is InChI=1S/C18H23NO4/c1-22-15-8-11-5-7-19-17(21)10-13-14(20)4-3-6-18(13,19)12(11)9-16(15)23-2/h8-9,13-14,20H,3-7,10H2,1-2H3/t13-,14+,18-/m1/s1. The van der Waals surface area contributed by atoms with E-state index < -0.39 is 6.10 Å². The van der Waals surface area contributed by atoms with Crippen molar-refractivity contribution in [2.45, 2.75) is 43.7 Å². The number of aliphatic hydroxyl groups is 1. The van der Waals surface area contributed by atoms with E-state index in [2.05, 4.69) is 0 Å². The molecule has 1 amide bonds. The fraction of sp³-hybridized carbons (Fsp3) is 0.611. The lowest BCUT2D eigenvalue weighted by Gasteiger charge is -2.50. The number of benzene rings is 1. The Hall–Kier alpha value is -1.75. The molecular weight excluding hydrogens is 294 g/mol. The molecule has 3 aliphatic rings. The van der Waals surface area contributed by atoms with E-state index in [4.69, 9.17) is 9.47 Å². The summed E-state index contributed by atoms with van der Waals surface area (Å²) in [5.74, 6) is 1.59. The van der Waals surface area contributed by atoms with Gasteiger partial charge in [-0.15, -0.1) is 0 Å². The van der Waals surface area contributed by atoms with Crippen LogP contribution in [0, 0.1) is 5.92 Å². The van der Waals surface area contributed by atoms with E-state index in [9.17, 15) is 9.90 Å². The molecule has 1 spiro atoms. The van der Waals surface area contributed by atoms with Crippen LogP contribution in [0.5, 0.6) is 11.5 Å². The van der Waals surface area contributed by atoms with E-state index in [1.165, 1.54) is 5.56 Å². The molecule has 0 aromatic heterocycles. The summed E-state index contributed by atoms with van der Waals surface area (Å²) in [5.41, 5.74) is 2.01. The van der Waals surface area contributed by atoms with E-state index in [0.29, 0.717) is 12.2 Å². The molecule has 1 aliphatic carbocycles. The molecule has 1 aromatic carbocycles. The van der Waals surface area contributed by atoms with Gasteiger partial charge in [0.25, 0.3) is 0 Å². The molecule has 2 heterocycles. The number of nitrogens with zero attached hydrogens (tertiary/aromatic N) is 1. The Bertz CT molecular complexity index is 659. The summed E-state index contributed by atoms with van der Waals surface area (Å²) in [6, 6.07) is 4.07. The molecule has 0 unspecified atom stereocenters. The van der Waals surface area contributed by atoms with E-state index in [0.717, 1.165) is 43.5 Å². The second-order valence-electron chi connectivity index (χ2n) is 6.85. The van der Waals surface area contributed by atoms with Crippen LogP contribution in [-0.2, 0) is 16.8 Å². The first kappa shape index (κ1) is 14.8. The number of carbonyl (C=O) groups excluding carboxylic acids is 1. The lowest BCUT2D eigenvalue weighted by Crippen LogP contribution is -2.54. The van der Waals surface area contributed by atoms with Crippen LogP contribution >= 0.6 is 0 Å². The molecule has 2 fully saturated rings. The van der Waals surface area contributed by atoms with Gasteiger partial charge in [-0.25, -0.2) is 0 Å². The fourth-order valence-electron chi connectivity index (χ4n) is 5.01. The Balaban J connectivity index is 1.92. The molecule has 124 valence electrons. The van der Waals surface area contributed by atoms with Crippen LogP contribution in [0.1, 0.15) is 36.8 Å². The van der Waals surface area contributed by atoms with Crippen molar-refractivity contribution in [3.8, 4) is 11.5 Å². The lowest BCUT2D eigenvalue weighted by atomic mass is 9.65. The molecule has 1 aromatic rings. The monoisotopic (exact) mass is 317 g/mol. The largest absolute Gasteiger partial charge is 0.493 e. The van der Waals surface area contributed by atoms with Gasteiger partial charge in [0, 0.05) is 18.9 Å². The smallest absolute Gasteiger partial charge is 0.223 e. The Morgan fingerprint density at radius 2 is 2.00 bits per heavy atom. The molecule has 3 atom stereocenters. The maximum Gasteiger partial charge on any atom is 0.223 e. The highest BCUT2D eigenvalue weighted by molar-refractivity contribution is 5.82. The summed E-state index contributed by atoms with van der Waals surface area (Å²) >= 11 is 0. The SMILES string of the molecule is COc1cc2c(cc1OC)[C@]13CCC[C@H](O)[C@H]1CC(=O)N3CC2. The molecule has 0 bridgehead atoms. The van der Waals surface area contributed by atoms with Crippen molar-refractivity contribution in [3.05, 3.63) is 23.3 Å². The molecule has 5 nitrogen and oxygen atoms in total. The molecule has 2 aliphatic heterocycles. The summed E-state index contributed by atoms with van der Waals surface area (Å²) in [4.78, 5) is 14.6. The topological polar surface area (TPSA) is 59.0 Å². The van der Waals surface area contributed by atoms with E-state index in [-0.39, 0.29) is 17.4 Å². The Morgan fingerprint density at radius 3 is 2.74 bits per heavy atom. The predicted octanol–water partition coefficient (Wildman–Crippen LogP) is 1.85. The lowest BCUT2D eigenvalue weighted by molar-refractivity contribution is -0.133. The maximum atomic E-state index is 12.6. The van der Waals surface area contributed by atoms with Gasteiger partial charge in [-0.1, -0.05) is 0 Å². The molecule has 5 heteroatoms. The summed E-state index contributed by atoms with van der Waals surface area (Å²) in [7, 11) is 3.28. The van der Waals surface area contributed by atoms with Crippen LogP contribution in [0.2, 0.25) is 0 Å². The van der Waals surface area contributed by atoms with Gasteiger partial charge in [0.15, 0.2) is 11.5 Å². The van der Waals surface area contributed by atoms with Gasteiger partial charge < -0.3 is 19.5 Å². The van der Waals surface area contributed by atoms with Crippen molar-refractivity contribution in [3.63, 3.8) is 0 Å². The second-order valence-corrected chi connectivity index (χ2v) is 6.85. The minimum atomic E-state index is -0.406. The van der Waals surface area contributed by atoms with Gasteiger partial charge in [0.05, 0.1) is 25.9 Å². The van der Waals surface area contributed by atoms with Crippen LogP contribution in [-0.4, -0.2) is 42.8 Å². The van der Waals surface area contributed by atoms with Gasteiger partial charge in [-0.2, -0.15) is 0 Å². The minimum Gasteiger partial charge on any atom is -0.493 e. The van der Waals surface area contributed by atoms with Crippen molar-refractivity contribution in [2.75, 3.05) is 20.8 Å². The third-order valence-electron chi connectivity index (χ3n) is 5.99. The average molecular weight is 317 g/mol. The number of fused-ring (bicyclic) bond motifs is 1. The highest BCUT2D eigenvalue weighted by atomic mass is 16.5. The summed E-state index contributed by atoms with van der Waals surface area (Å²) in [6.45, 7) is 0.727. The summed E-state index contributed by atoms with van der Waals surface area (Å²) < 4.78 is 10.9. The first-order chi connectivity index (χ1) is 11.1. The van der Waals surface area contributed by atoms with Gasteiger partial charge in [0.1, 0.15) is 0 Å². The number of hydrogen-bond acceptors (Lipinski definition) is 4. The van der Waals surface area contributed by atoms with Crippen molar-refractivity contribution >= 4 is 5.91 Å². The zero-order valence-corrected chi connectivity index (χ0v) is 13.7. The third kappa shape index (κ3) is 1.86. The van der Waals surface area contributed by atoms with Crippen LogP contribution < -0.4 is 9.47 Å². The van der Waals surface area contributed by atoms with Crippen LogP contribution in [0.3, 0.4) is 0 Å². The van der Waals surface area contributed by atoms with E-state index >= 15 is 0 Å². The van der Waals surface area contributed by atoms with E-state index in [1.807, 2.05) is 17.0 Å². The summed E-state index contributed by atoms with van der Waals surface area (Å²) in [5, 5.41) is 10.5. The molecule has 0 radical (unpaired) electrons. The Labute approximate surface area is 136 Å². The van der Waals surface area contributed by atoms with Crippen LogP contribution in [0.15, 0.2) is 12.1 Å². The molecule has 4 rings (SSSR count). The average Bonchev–Trinajstić information content (AvgIpc) is 2.88. The zero-order chi connectivity index (χ0) is 16.2. The predicted molar refractivity (Wildman–Crippen MR) is 84.6 cm³/mol. The van der Waals surface area contributed by atoms with Crippen molar-refractivity contribution < 1.29 is 19.4 Å². The molecule has 1 N–H and O–H groups in total. The third-order valence-corrected chi connectivity index (χ3v) is 5.99. The number of carbonyl (C=O) groups is 1. The molecule has 1 saturated carbocycles. The highest BCUT2D eigenvalue weighted by Crippen LogP contribution is 2.56. The van der Waals surface area contributed by atoms with Gasteiger partial charge in [0.2, 0.25) is 5.91 Å². The molecule has 1 saturated heterocycles. The molecule has 23 heavy (non-hydrogen) atoms. The van der Waals surface area contributed by atoms with Gasteiger partial charge >= 0.3 is 0 Å². The number of hydrogen-bond donors (Lipinski definition) is 1. The minimum absolute atomic E-state index is 0.0131. The highest BCUT2D eigenvalue weighted by Gasteiger charge is 2.59. The number of aliphatic hydroxyl groups excluding tert-OH is 1.